The normalized spacial score (nSPS) is 15.9. The molecule has 1 aliphatic rings. The number of hydrogen-bond donors (Lipinski definition) is 1. The number of carbonyl (C=O) groups excluding carboxylic acids is 1. The van der Waals surface area contributed by atoms with Crippen molar-refractivity contribution in [1.82, 2.24) is 15.3 Å². The first kappa shape index (κ1) is 22.1. The molecule has 0 saturated carbocycles. The van der Waals surface area contributed by atoms with E-state index in [4.69, 9.17) is 4.74 Å². The number of methoxy groups -OCH3 is 1. The van der Waals surface area contributed by atoms with Crippen LogP contribution in [0.3, 0.4) is 0 Å². The molecule has 0 spiro atoms. The largest absolute Gasteiger partial charge is 0.497 e. The van der Waals surface area contributed by atoms with E-state index in [1.807, 2.05) is 24.3 Å². The molecule has 7 heteroatoms. The Bertz CT molecular complexity index is 1080. The second-order valence-corrected chi connectivity index (χ2v) is 9.02. The molecule has 1 amide bonds. The molecule has 166 valence electrons. The van der Waals surface area contributed by atoms with Gasteiger partial charge < -0.3 is 15.0 Å². The van der Waals surface area contributed by atoms with Gasteiger partial charge in [0.05, 0.1) is 13.0 Å². The van der Waals surface area contributed by atoms with Crippen molar-refractivity contribution in [1.29, 1.82) is 0 Å². The van der Waals surface area contributed by atoms with Crippen LogP contribution in [0.4, 0.5) is 5.82 Å². The summed E-state index contributed by atoms with van der Waals surface area (Å²) in [5, 5.41) is 3.96. The first-order valence-electron chi connectivity index (χ1n) is 10.8. The minimum atomic E-state index is -0.0758. The minimum absolute atomic E-state index is 0.0758. The summed E-state index contributed by atoms with van der Waals surface area (Å²) >= 11 is 1.61. The fourth-order valence-corrected chi connectivity index (χ4v) is 4.90. The predicted octanol–water partition coefficient (Wildman–Crippen LogP) is 4.48. The Labute approximate surface area is 193 Å². The summed E-state index contributed by atoms with van der Waals surface area (Å²) in [7, 11) is 1.65. The Morgan fingerprint density at radius 3 is 2.88 bits per heavy atom. The summed E-state index contributed by atoms with van der Waals surface area (Å²) < 4.78 is 5.27. The summed E-state index contributed by atoms with van der Waals surface area (Å²) in [6, 6.07) is 16.1. The van der Waals surface area contributed by atoms with Crippen LogP contribution in [0.1, 0.15) is 24.0 Å². The molecule has 0 unspecified atom stereocenters. The van der Waals surface area contributed by atoms with Crippen molar-refractivity contribution in [3.05, 3.63) is 72.1 Å². The van der Waals surface area contributed by atoms with Crippen LogP contribution in [0.15, 0.2) is 70.8 Å². The van der Waals surface area contributed by atoms with Crippen LogP contribution in [-0.4, -0.2) is 36.1 Å². The molecule has 2 heterocycles. The van der Waals surface area contributed by atoms with Gasteiger partial charge in [0.15, 0.2) is 5.82 Å². The lowest BCUT2D eigenvalue weighted by Gasteiger charge is -2.33. The maximum Gasteiger partial charge on any atom is 0.225 e. The number of rotatable bonds is 7. The van der Waals surface area contributed by atoms with E-state index in [0.717, 1.165) is 46.4 Å². The topological polar surface area (TPSA) is 67.3 Å². The molecule has 0 aliphatic carbocycles. The van der Waals surface area contributed by atoms with E-state index >= 15 is 0 Å². The molecule has 0 bridgehead atoms. The number of nitrogens with zero attached hydrogens (tertiary/aromatic N) is 3. The van der Waals surface area contributed by atoms with Gasteiger partial charge in [0.25, 0.3) is 0 Å². The zero-order valence-electron chi connectivity index (χ0n) is 18.5. The van der Waals surface area contributed by atoms with E-state index < -0.39 is 0 Å². The first-order valence-corrected chi connectivity index (χ1v) is 11.6. The van der Waals surface area contributed by atoms with Gasteiger partial charge in [-0.1, -0.05) is 41.6 Å². The average molecular weight is 449 g/mol. The number of aryl methyl sites for hydroxylation is 1. The van der Waals surface area contributed by atoms with E-state index in [2.05, 4.69) is 51.4 Å². The van der Waals surface area contributed by atoms with Crippen LogP contribution < -0.4 is 15.0 Å². The van der Waals surface area contributed by atoms with Gasteiger partial charge in [0.2, 0.25) is 5.91 Å². The van der Waals surface area contributed by atoms with Crippen molar-refractivity contribution >= 4 is 23.5 Å². The van der Waals surface area contributed by atoms with Gasteiger partial charge in [0, 0.05) is 36.9 Å². The van der Waals surface area contributed by atoms with Gasteiger partial charge in [-0.25, -0.2) is 9.97 Å². The molecule has 1 N–H and O–H groups in total. The zero-order valence-corrected chi connectivity index (χ0v) is 19.3. The van der Waals surface area contributed by atoms with E-state index in [9.17, 15) is 4.79 Å². The molecule has 1 aliphatic heterocycles. The number of amides is 1. The van der Waals surface area contributed by atoms with Crippen molar-refractivity contribution in [3.8, 4) is 5.75 Å². The molecule has 0 radical (unpaired) electrons. The molecule has 1 atom stereocenters. The molecule has 1 aromatic heterocycles. The minimum Gasteiger partial charge on any atom is -0.497 e. The number of piperidine rings is 1. The molecule has 1 fully saturated rings. The predicted molar refractivity (Wildman–Crippen MR) is 127 cm³/mol. The second-order valence-electron chi connectivity index (χ2n) is 7.96. The molecule has 32 heavy (non-hydrogen) atoms. The Morgan fingerprint density at radius 2 is 2.03 bits per heavy atom. The Hall–Kier alpha value is -3.06. The van der Waals surface area contributed by atoms with Gasteiger partial charge >= 0.3 is 0 Å². The highest BCUT2D eigenvalue weighted by Gasteiger charge is 2.28. The monoisotopic (exact) mass is 448 g/mol. The highest BCUT2D eigenvalue weighted by molar-refractivity contribution is 7.99. The number of hydrogen-bond acceptors (Lipinski definition) is 6. The lowest BCUT2D eigenvalue weighted by Crippen LogP contribution is -2.43. The smallest absolute Gasteiger partial charge is 0.225 e. The van der Waals surface area contributed by atoms with Crippen LogP contribution >= 0.6 is 11.8 Å². The molecule has 3 aromatic rings. The maximum absolute atomic E-state index is 12.9. The van der Waals surface area contributed by atoms with Crippen molar-refractivity contribution in [2.75, 3.05) is 25.1 Å². The Balaban J connectivity index is 1.42. The van der Waals surface area contributed by atoms with Crippen molar-refractivity contribution in [2.24, 2.45) is 5.92 Å². The fourth-order valence-electron chi connectivity index (χ4n) is 3.90. The number of benzene rings is 2. The number of nitrogens with one attached hydrogen (secondary N) is 1. The quantitative estimate of drug-likeness (QED) is 0.575. The lowest BCUT2D eigenvalue weighted by atomic mass is 9.97. The van der Waals surface area contributed by atoms with E-state index in [1.54, 1.807) is 31.3 Å². The van der Waals surface area contributed by atoms with Crippen LogP contribution in [0.2, 0.25) is 0 Å². The highest BCUT2D eigenvalue weighted by Crippen LogP contribution is 2.34. The van der Waals surface area contributed by atoms with Gasteiger partial charge in [-0.2, -0.15) is 0 Å². The SMILES string of the molecule is COc1cccc(CNC(=O)[C@@H]2CCCN(c3nccnc3Sc3cccc(C)c3)C2)c1. The summed E-state index contributed by atoms with van der Waals surface area (Å²) in [4.78, 5) is 25.5. The van der Waals surface area contributed by atoms with Crippen LogP contribution in [0.25, 0.3) is 0 Å². The third-order valence-corrected chi connectivity index (χ3v) is 6.51. The van der Waals surface area contributed by atoms with Crippen molar-refractivity contribution in [2.45, 2.75) is 36.2 Å². The first-order chi connectivity index (χ1) is 15.6. The summed E-state index contributed by atoms with van der Waals surface area (Å²) in [6.45, 7) is 4.09. The van der Waals surface area contributed by atoms with E-state index in [-0.39, 0.29) is 11.8 Å². The molecule has 2 aromatic carbocycles. The van der Waals surface area contributed by atoms with Crippen molar-refractivity contribution < 1.29 is 9.53 Å². The third kappa shape index (κ3) is 5.59. The van der Waals surface area contributed by atoms with Gasteiger partial charge in [-0.15, -0.1) is 0 Å². The van der Waals surface area contributed by atoms with Crippen LogP contribution in [0, 0.1) is 12.8 Å². The second kappa shape index (κ2) is 10.5. The van der Waals surface area contributed by atoms with E-state index in [1.165, 1.54) is 5.56 Å². The van der Waals surface area contributed by atoms with Gasteiger partial charge in [0.1, 0.15) is 10.8 Å². The molecular formula is C25H28N4O2S. The van der Waals surface area contributed by atoms with Gasteiger partial charge in [-0.3, -0.25) is 4.79 Å². The molecular weight excluding hydrogens is 420 g/mol. The molecule has 1 saturated heterocycles. The molecule has 6 nitrogen and oxygen atoms in total. The summed E-state index contributed by atoms with van der Waals surface area (Å²) in [6.07, 6.45) is 5.27. The maximum atomic E-state index is 12.9. The number of carbonyl (C=O) groups is 1. The fraction of sp³-hybridized carbons (Fsp3) is 0.320. The Morgan fingerprint density at radius 1 is 1.19 bits per heavy atom. The lowest BCUT2D eigenvalue weighted by molar-refractivity contribution is -0.125. The average Bonchev–Trinajstić information content (AvgIpc) is 2.83. The number of ether oxygens (including phenoxy) is 1. The summed E-state index contributed by atoms with van der Waals surface area (Å²) in [5.41, 5.74) is 2.24. The number of aromatic nitrogens is 2. The Kier molecular flexibility index (Phi) is 7.27. The number of anilines is 1. The van der Waals surface area contributed by atoms with Crippen LogP contribution in [-0.2, 0) is 11.3 Å². The zero-order chi connectivity index (χ0) is 22.3. The van der Waals surface area contributed by atoms with Crippen molar-refractivity contribution in [3.63, 3.8) is 0 Å². The van der Waals surface area contributed by atoms with Crippen LogP contribution in [0.5, 0.6) is 5.75 Å². The molecule has 4 rings (SSSR count). The third-order valence-electron chi connectivity index (χ3n) is 5.54. The summed E-state index contributed by atoms with van der Waals surface area (Å²) in [5.74, 6) is 1.65. The van der Waals surface area contributed by atoms with E-state index in [0.29, 0.717) is 13.1 Å². The van der Waals surface area contributed by atoms with Gasteiger partial charge in [-0.05, 0) is 49.6 Å². The highest BCUT2D eigenvalue weighted by atomic mass is 32.2. The standard InChI is InChI=1S/C25H28N4O2S/c1-18-6-3-10-22(14-18)32-25-23(26-11-12-27-25)29-13-5-8-20(17-29)24(30)28-16-19-7-4-9-21(15-19)31-2/h3-4,6-7,9-12,14-15,20H,5,8,13,16-17H2,1-2H3,(H,28,30)/t20-/m1/s1.